The lowest BCUT2D eigenvalue weighted by molar-refractivity contribution is 0.0277. The smallest absolute Gasteiger partial charge is 0.0679 e. The zero-order valence-corrected chi connectivity index (χ0v) is 70.3. The molecule has 0 aromatic heterocycles. The predicted octanol–water partition coefficient (Wildman–Crippen LogP) is 18.8. The molecule has 0 aliphatic carbocycles. The predicted molar refractivity (Wildman–Crippen MR) is 428 cm³/mol. The fourth-order valence-corrected chi connectivity index (χ4v) is 18.0. The number of unbranched alkanes of at least 4 members (excludes halogenated alkanes) is 1. The zero-order valence-electron chi connectivity index (χ0n) is 70.3. The van der Waals surface area contributed by atoms with Crippen LogP contribution >= 0.6 is 0 Å². The van der Waals surface area contributed by atoms with Gasteiger partial charge in [-0.3, -0.25) is 0 Å². The number of fused-ring (bicyclic) bond motifs is 3. The van der Waals surface area contributed by atoms with Gasteiger partial charge in [-0.1, -0.05) is 152 Å². The van der Waals surface area contributed by atoms with Crippen molar-refractivity contribution in [1.82, 2.24) is 45.3 Å². The van der Waals surface area contributed by atoms with Gasteiger partial charge in [0.15, 0.2) is 0 Å². The minimum Gasteiger partial charge on any atom is -0.392 e. The number of nitrogens with one attached hydrogen (secondary N) is 3. The van der Waals surface area contributed by atoms with Crippen LogP contribution in [-0.2, 0) is 0 Å². The van der Waals surface area contributed by atoms with Gasteiger partial charge in [0.2, 0.25) is 0 Å². The van der Waals surface area contributed by atoms with E-state index in [2.05, 4.69) is 233 Å². The van der Waals surface area contributed by atoms with E-state index in [0.29, 0.717) is 23.0 Å². The van der Waals surface area contributed by atoms with Gasteiger partial charge in [-0.2, -0.15) is 0 Å². The highest BCUT2D eigenvalue weighted by Gasteiger charge is 2.39. The zero-order chi connectivity index (χ0) is 72.3. The second kappa shape index (κ2) is 49.3. The summed E-state index contributed by atoms with van der Waals surface area (Å²) in [4.78, 5) is 15.3. The maximum Gasteiger partial charge on any atom is 0.0679 e. The molecule has 0 amide bonds. The van der Waals surface area contributed by atoms with E-state index >= 15 is 0 Å². The molecule has 574 valence electrons. The Morgan fingerprint density at radius 1 is 0.427 bits per heavy atom. The van der Waals surface area contributed by atoms with Crippen LogP contribution in [0.25, 0.3) is 0 Å². The van der Waals surface area contributed by atoms with E-state index in [1.54, 1.807) is 0 Å². The first kappa shape index (κ1) is 91.7. The highest BCUT2D eigenvalue weighted by molar-refractivity contribution is 4.97. The molecule has 2 bridgehead atoms. The highest BCUT2D eigenvalue weighted by atomic mass is 16.3. The molecule has 11 rings (SSSR count). The molecule has 10 nitrogen and oxygen atoms in total. The van der Waals surface area contributed by atoms with Crippen molar-refractivity contribution < 1.29 is 5.11 Å². The Morgan fingerprint density at radius 2 is 0.875 bits per heavy atom. The first-order valence-electron chi connectivity index (χ1n) is 42.3. The number of β-amino-alcohol motifs (C(OH)–C–C–N with tert-alkyl or cyclic N) is 1. The van der Waals surface area contributed by atoms with Crippen LogP contribution in [-0.4, -0.2) is 196 Å². The van der Waals surface area contributed by atoms with E-state index in [-0.39, 0.29) is 6.10 Å². The van der Waals surface area contributed by atoms with Gasteiger partial charge in [0.1, 0.15) is 0 Å². The number of hydrogen-bond acceptors (Lipinski definition) is 10. The van der Waals surface area contributed by atoms with Crippen molar-refractivity contribution in [2.45, 2.75) is 324 Å². The lowest BCUT2D eigenvalue weighted by Gasteiger charge is -2.47. The molecule has 5 atom stereocenters. The van der Waals surface area contributed by atoms with Gasteiger partial charge in [0.25, 0.3) is 0 Å². The maximum atomic E-state index is 9.09. The third-order valence-corrected chi connectivity index (χ3v) is 25.4. The standard InChI is InChI=1S/2C12H25N.C10H19N.2C10H21N.C9H19N.2C8H17N.C7H15NO/c1-9(2)10-7-11(3,4)13-12(5,6)8-10;1-4-5-8-13-9-6-12(7-10-13)11(2)3;1-8(2)10-7-11-5-3-9(10)4-6-11;1-4-11-7-5-10(6-8-11)9(2)3;1-4-11-7-5-6-10(8-11)9(2)3;1-8(2)9-4-6-10(3)7-5-9;1-7(2)8-5-4-6-9(8)3;1-7(2)8-3-5-9-6-4-8;1-5(2)7-3-6(9)4-8-7/h9-10,13H,7-8H2,1-6H3;11-12H,4-10H2,1-3H3;8-10H,3-7H2,1-2H3;2*9-10H,4-8H2,1-3H3;8-9H,4-7H2,1-3H3;7-8H,4-6H2,1-3H3;7-9H,3-6H2,1-2H3;5-9H,3-4H2,1-2H3. The van der Waals surface area contributed by atoms with Crippen LogP contribution in [0.15, 0.2) is 0 Å². The van der Waals surface area contributed by atoms with E-state index in [4.69, 9.17) is 5.11 Å². The molecule has 0 aromatic carbocycles. The van der Waals surface area contributed by atoms with Gasteiger partial charge in [-0.15, -0.1) is 0 Å². The number of aliphatic hydroxyl groups is 1. The van der Waals surface area contributed by atoms with Crippen LogP contribution in [0.1, 0.15) is 295 Å². The number of likely N-dealkylation sites (tertiary alicyclic amines) is 5. The molecule has 0 aromatic rings. The van der Waals surface area contributed by atoms with Gasteiger partial charge < -0.3 is 50.5 Å². The molecule has 11 aliphatic heterocycles. The van der Waals surface area contributed by atoms with Crippen molar-refractivity contribution in [1.29, 1.82) is 0 Å². The topological polar surface area (TPSA) is 75.8 Å². The fourth-order valence-electron chi connectivity index (χ4n) is 18.0. The van der Waals surface area contributed by atoms with E-state index in [0.717, 1.165) is 114 Å². The van der Waals surface area contributed by atoms with Crippen molar-refractivity contribution in [2.75, 3.05) is 132 Å². The van der Waals surface area contributed by atoms with Crippen molar-refractivity contribution in [3.05, 3.63) is 0 Å². The molecule has 11 saturated heterocycles. The molecule has 10 heteroatoms. The second-order valence-electron chi connectivity index (χ2n) is 37.5. The summed E-state index contributed by atoms with van der Waals surface area (Å²) < 4.78 is 0. The largest absolute Gasteiger partial charge is 0.392 e. The quantitative estimate of drug-likeness (QED) is 0.135. The van der Waals surface area contributed by atoms with E-state index in [1.165, 1.54) is 227 Å². The minimum absolute atomic E-state index is 0.0996. The van der Waals surface area contributed by atoms with Crippen molar-refractivity contribution in [3.63, 3.8) is 0 Å². The Labute approximate surface area is 604 Å². The first-order chi connectivity index (χ1) is 45.1. The lowest BCUT2D eigenvalue weighted by Crippen LogP contribution is -2.58. The summed E-state index contributed by atoms with van der Waals surface area (Å²) in [6.07, 6.45) is 26.1. The lowest BCUT2D eigenvalue weighted by atomic mass is 9.72. The summed E-state index contributed by atoms with van der Waals surface area (Å²) in [6.45, 7) is 81.2. The molecule has 0 saturated carbocycles. The van der Waals surface area contributed by atoms with Gasteiger partial charge in [-0.25, -0.2) is 0 Å². The van der Waals surface area contributed by atoms with Crippen LogP contribution in [0.4, 0.5) is 0 Å². The molecular formula is C86H179N9O. The van der Waals surface area contributed by atoms with Gasteiger partial charge in [0, 0.05) is 42.8 Å². The number of piperidine rings is 9. The number of aliphatic hydroxyl groups excluding tert-OH is 1. The van der Waals surface area contributed by atoms with E-state index in [1.807, 2.05) is 0 Å². The molecule has 5 unspecified atom stereocenters. The van der Waals surface area contributed by atoms with Crippen molar-refractivity contribution >= 4 is 0 Å². The summed E-state index contributed by atoms with van der Waals surface area (Å²) in [5, 5.41) is 19.4. The van der Waals surface area contributed by atoms with Crippen molar-refractivity contribution in [3.8, 4) is 0 Å². The van der Waals surface area contributed by atoms with E-state index < -0.39 is 0 Å². The Morgan fingerprint density at radius 3 is 1.20 bits per heavy atom. The monoisotopic (exact) mass is 1350 g/mol. The molecular weight excluding hydrogens is 1180 g/mol. The van der Waals surface area contributed by atoms with Crippen LogP contribution in [0.2, 0.25) is 0 Å². The third-order valence-electron chi connectivity index (χ3n) is 25.4. The molecule has 11 fully saturated rings. The number of rotatable bonds is 14. The Bertz CT molecular complexity index is 1790. The summed E-state index contributed by atoms with van der Waals surface area (Å²) in [6, 6.07) is 1.41. The second-order valence-corrected chi connectivity index (χ2v) is 37.5. The normalized spacial score (nSPS) is 28.3. The van der Waals surface area contributed by atoms with Gasteiger partial charge >= 0.3 is 0 Å². The summed E-state index contributed by atoms with van der Waals surface area (Å²) in [5.41, 5.74) is 0.632. The molecule has 0 spiro atoms. The Hall–Kier alpha value is -0.400. The molecule has 96 heavy (non-hydrogen) atoms. The average Bonchev–Trinajstić information content (AvgIpc) is 0.866. The minimum atomic E-state index is -0.0996. The van der Waals surface area contributed by atoms with E-state index in [9.17, 15) is 0 Å². The molecule has 0 radical (unpaired) electrons. The summed E-state index contributed by atoms with van der Waals surface area (Å²) >= 11 is 0. The van der Waals surface area contributed by atoms with Crippen LogP contribution in [0.5, 0.6) is 0 Å². The van der Waals surface area contributed by atoms with Gasteiger partial charge in [0.05, 0.1) is 6.10 Å². The number of hydrogen-bond donors (Lipinski definition) is 4. The molecule has 11 aliphatic rings. The van der Waals surface area contributed by atoms with Crippen molar-refractivity contribution in [2.24, 2.45) is 101 Å². The number of nitrogens with zero attached hydrogens (tertiary/aromatic N) is 6. The summed E-state index contributed by atoms with van der Waals surface area (Å²) in [5.74, 6) is 15.6. The Kier molecular flexibility index (Phi) is 47.1. The average molecular weight is 1360 g/mol. The van der Waals surface area contributed by atoms with Crippen LogP contribution in [0, 0.1) is 101 Å². The van der Waals surface area contributed by atoms with Crippen LogP contribution < -0.4 is 16.0 Å². The fraction of sp³-hybridized carbons (Fsp3) is 1.00. The molecule has 4 N–H and O–H groups in total. The maximum absolute atomic E-state index is 9.09. The molecule has 11 heterocycles. The summed E-state index contributed by atoms with van der Waals surface area (Å²) in [7, 11) is 4.45. The highest BCUT2D eigenvalue weighted by Crippen LogP contribution is 2.38. The Balaban J connectivity index is 0.000000369. The third kappa shape index (κ3) is 38.4. The SMILES string of the molecule is CC(C)C1CC(C)(C)NC(C)(C)C1.CC(C)C1CC(O)CN1.CC(C)C1CCCN1C.CC(C)C1CCN(C)CC1.CC(C)C1CCNCC1.CC(C)C1CN2CCC1CC2.CCCCN1CCC(C(C)C)CC1.CCN1CCC(C(C)C)CC1.CCN1CCCC(C(C)C)C1. The van der Waals surface area contributed by atoms with Crippen LogP contribution in [0.3, 0.4) is 0 Å². The first-order valence-corrected chi connectivity index (χ1v) is 42.3. The van der Waals surface area contributed by atoms with Gasteiger partial charge in [-0.05, 0) is 356 Å².